The van der Waals surface area contributed by atoms with E-state index in [1.807, 2.05) is 22.9 Å². The molecule has 1 aromatic carbocycles. The van der Waals surface area contributed by atoms with Gasteiger partial charge in [-0.3, -0.25) is 4.90 Å². The molecule has 2 aromatic heterocycles. The van der Waals surface area contributed by atoms with E-state index in [4.69, 9.17) is 0 Å². The van der Waals surface area contributed by atoms with Crippen molar-refractivity contribution in [3.63, 3.8) is 0 Å². The lowest BCUT2D eigenvalue weighted by Crippen LogP contribution is -2.25. The summed E-state index contributed by atoms with van der Waals surface area (Å²) in [4.78, 5) is 11.6. The molecule has 1 aliphatic heterocycles. The first-order chi connectivity index (χ1) is 11.3. The Balaban J connectivity index is 1.58. The first-order valence-electron chi connectivity index (χ1n) is 7.91. The van der Waals surface area contributed by atoms with Crippen molar-refractivity contribution in [1.29, 1.82) is 0 Å². The zero-order valence-electron chi connectivity index (χ0n) is 13.1. The molecule has 3 aromatic rings. The molecule has 0 unspecified atom stereocenters. The summed E-state index contributed by atoms with van der Waals surface area (Å²) in [5, 5.41) is 7.73. The van der Waals surface area contributed by atoms with E-state index in [-0.39, 0.29) is 0 Å². The minimum Gasteiger partial charge on any atom is -0.287 e. The maximum absolute atomic E-state index is 4.69. The largest absolute Gasteiger partial charge is 0.287 e. The Morgan fingerprint density at radius 2 is 2.13 bits per heavy atom. The highest BCUT2D eigenvalue weighted by Gasteiger charge is 2.29. The van der Waals surface area contributed by atoms with Crippen molar-refractivity contribution in [2.24, 2.45) is 0 Å². The van der Waals surface area contributed by atoms with Gasteiger partial charge in [0, 0.05) is 5.38 Å². The van der Waals surface area contributed by atoms with Crippen LogP contribution in [0.1, 0.15) is 35.4 Å². The van der Waals surface area contributed by atoms with Crippen molar-refractivity contribution >= 4 is 11.3 Å². The van der Waals surface area contributed by atoms with Crippen molar-refractivity contribution in [2.45, 2.75) is 32.4 Å². The molecule has 4 rings (SSSR count). The summed E-state index contributed by atoms with van der Waals surface area (Å²) in [6.45, 7) is 3.96. The van der Waals surface area contributed by atoms with Crippen LogP contribution in [0.4, 0.5) is 0 Å². The molecule has 0 bridgehead atoms. The molecule has 1 saturated heterocycles. The second-order valence-corrected chi connectivity index (χ2v) is 6.91. The quantitative estimate of drug-likeness (QED) is 0.738. The Bertz CT molecular complexity index is 779. The fourth-order valence-corrected chi connectivity index (χ4v) is 3.88. The Kier molecular flexibility index (Phi) is 3.93. The van der Waals surface area contributed by atoms with E-state index < -0.39 is 0 Å². The molecule has 1 atom stereocenters. The molecule has 118 valence electrons. The maximum atomic E-state index is 4.69. The predicted molar refractivity (Wildman–Crippen MR) is 90.6 cm³/mol. The van der Waals surface area contributed by atoms with Crippen LogP contribution in [0.25, 0.3) is 5.69 Å². The van der Waals surface area contributed by atoms with Gasteiger partial charge in [-0.25, -0.2) is 14.6 Å². The van der Waals surface area contributed by atoms with Crippen LogP contribution in [0.5, 0.6) is 0 Å². The van der Waals surface area contributed by atoms with Crippen LogP contribution in [0, 0.1) is 6.92 Å². The summed E-state index contributed by atoms with van der Waals surface area (Å²) >= 11 is 1.73. The van der Waals surface area contributed by atoms with Gasteiger partial charge in [0.15, 0.2) is 0 Å². The molecule has 3 heterocycles. The van der Waals surface area contributed by atoms with E-state index in [0.29, 0.717) is 6.04 Å². The van der Waals surface area contributed by atoms with Crippen LogP contribution in [-0.4, -0.2) is 31.2 Å². The highest BCUT2D eigenvalue weighted by molar-refractivity contribution is 7.09. The normalized spacial score (nSPS) is 18.6. The number of aryl methyl sites for hydroxylation is 1. The van der Waals surface area contributed by atoms with Gasteiger partial charge in [-0.1, -0.05) is 18.2 Å². The van der Waals surface area contributed by atoms with Crippen molar-refractivity contribution < 1.29 is 0 Å². The van der Waals surface area contributed by atoms with Crippen molar-refractivity contribution in [3.05, 3.63) is 58.6 Å². The second kappa shape index (κ2) is 6.22. The van der Waals surface area contributed by atoms with Gasteiger partial charge in [-0.05, 0) is 38.4 Å². The molecule has 23 heavy (non-hydrogen) atoms. The summed E-state index contributed by atoms with van der Waals surface area (Å²) in [6.07, 6.45) is 4.02. The molecule has 1 fully saturated rings. The average molecular weight is 325 g/mol. The Morgan fingerprint density at radius 3 is 2.91 bits per heavy atom. The molecular formula is C17H19N5S. The lowest BCUT2D eigenvalue weighted by Gasteiger charge is -2.22. The third-order valence-corrected chi connectivity index (χ3v) is 5.10. The molecular weight excluding hydrogens is 306 g/mol. The minimum atomic E-state index is 0.404. The first kappa shape index (κ1) is 14.5. The molecule has 0 radical (unpaired) electrons. The van der Waals surface area contributed by atoms with Crippen molar-refractivity contribution in [1.82, 2.24) is 24.6 Å². The van der Waals surface area contributed by atoms with Crippen LogP contribution < -0.4 is 0 Å². The van der Waals surface area contributed by atoms with E-state index in [0.717, 1.165) is 29.6 Å². The highest BCUT2D eigenvalue weighted by Crippen LogP contribution is 2.33. The average Bonchev–Trinajstić information content (AvgIpc) is 3.29. The van der Waals surface area contributed by atoms with E-state index >= 15 is 0 Å². The van der Waals surface area contributed by atoms with Gasteiger partial charge in [-0.15, -0.1) is 11.3 Å². The van der Waals surface area contributed by atoms with Gasteiger partial charge >= 0.3 is 0 Å². The van der Waals surface area contributed by atoms with Gasteiger partial charge in [0.05, 0.1) is 29.0 Å². The molecule has 0 spiro atoms. The molecule has 0 aliphatic carbocycles. The summed E-state index contributed by atoms with van der Waals surface area (Å²) in [6, 6.07) is 10.6. The smallest absolute Gasteiger partial charge is 0.146 e. The number of hydrogen-bond donors (Lipinski definition) is 0. The number of rotatable bonds is 4. The zero-order valence-corrected chi connectivity index (χ0v) is 13.9. The fourth-order valence-electron chi connectivity index (χ4n) is 3.22. The van der Waals surface area contributed by atoms with E-state index in [9.17, 15) is 0 Å². The highest BCUT2D eigenvalue weighted by atomic mass is 32.1. The number of aromatic nitrogens is 4. The Morgan fingerprint density at radius 1 is 1.26 bits per heavy atom. The van der Waals surface area contributed by atoms with E-state index in [1.54, 1.807) is 17.7 Å². The van der Waals surface area contributed by atoms with Gasteiger partial charge in [-0.2, -0.15) is 5.10 Å². The Labute approximate surface area is 139 Å². The van der Waals surface area contributed by atoms with Crippen LogP contribution in [0.2, 0.25) is 0 Å². The van der Waals surface area contributed by atoms with Crippen molar-refractivity contribution in [2.75, 3.05) is 6.54 Å². The summed E-state index contributed by atoms with van der Waals surface area (Å²) < 4.78 is 1.93. The molecule has 0 saturated carbocycles. The second-order valence-electron chi connectivity index (χ2n) is 5.84. The number of thiazole rings is 1. The summed E-state index contributed by atoms with van der Waals surface area (Å²) in [5.41, 5.74) is 2.26. The molecule has 5 nitrogen and oxygen atoms in total. The molecule has 0 N–H and O–H groups in total. The summed E-state index contributed by atoms with van der Waals surface area (Å²) in [5.74, 6) is 0.982. The lowest BCUT2D eigenvalue weighted by molar-refractivity contribution is 0.237. The Hall–Kier alpha value is -2.05. The number of likely N-dealkylation sites (tertiary alicyclic amines) is 1. The monoisotopic (exact) mass is 325 g/mol. The van der Waals surface area contributed by atoms with Gasteiger partial charge < -0.3 is 0 Å². The number of para-hydroxylation sites is 1. The molecule has 0 amide bonds. The molecule has 6 heteroatoms. The van der Waals surface area contributed by atoms with Crippen LogP contribution in [-0.2, 0) is 6.54 Å². The number of nitrogens with zero attached hydrogens (tertiary/aromatic N) is 5. The SMILES string of the molecule is Cc1nc([C@@H]2CCCN2Cc2ncnn2-c2ccccc2)cs1. The van der Waals surface area contributed by atoms with E-state index in [2.05, 4.69) is 44.4 Å². The minimum absolute atomic E-state index is 0.404. The van der Waals surface area contributed by atoms with Crippen LogP contribution in [0.15, 0.2) is 42.0 Å². The third-order valence-electron chi connectivity index (χ3n) is 4.31. The van der Waals surface area contributed by atoms with Gasteiger partial charge in [0.2, 0.25) is 0 Å². The topological polar surface area (TPSA) is 46.8 Å². The lowest BCUT2D eigenvalue weighted by atomic mass is 10.1. The van der Waals surface area contributed by atoms with Gasteiger partial charge in [0.1, 0.15) is 12.2 Å². The number of hydrogen-bond acceptors (Lipinski definition) is 5. The summed E-state index contributed by atoms with van der Waals surface area (Å²) in [7, 11) is 0. The zero-order chi connectivity index (χ0) is 15.6. The fraction of sp³-hybridized carbons (Fsp3) is 0.353. The maximum Gasteiger partial charge on any atom is 0.146 e. The van der Waals surface area contributed by atoms with Crippen LogP contribution in [0.3, 0.4) is 0 Å². The standard InChI is InChI=1S/C17H19N5S/c1-13-20-15(11-23-13)16-8-5-9-21(16)10-17-18-12-19-22(17)14-6-3-2-4-7-14/h2-4,6-7,11-12,16H,5,8-10H2,1H3/t16-/m0/s1. The third kappa shape index (κ3) is 2.92. The van der Waals surface area contributed by atoms with Crippen molar-refractivity contribution in [3.8, 4) is 5.69 Å². The predicted octanol–water partition coefficient (Wildman–Crippen LogP) is 3.37. The van der Waals surface area contributed by atoms with Gasteiger partial charge in [0.25, 0.3) is 0 Å². The number of benzene rings is 1. The molecule has 1 aliphatic rings. The van der Waals surface area contributed by atoms with E-state index in [1.165, 1.54) is 18.5 Å². The first-order valence-corrected chi connectivity index (χ1v) is 8.79. The van der Waals surface area contributed by atoms with Crippen LogP contribution >= 0.6 is 11.3 Å².